The van der Waals surface area contributed by atoms with Gasteiger partial charge < -0.3 is 122 Å². The summed E-state index contributed by atoms with van der Waals surface area (Å²) >= 11 is 0. The molecule has 0 aromatic carbocycles. The zero-order valence-corrected chi connectivity index (χ0v) is 88.0. The molecule has 5 aliphatic rings. The molecule has 0 radical (unpaired) electrons. The van der Waals surface area contributed by atoms with E-state index in [9.17, 15) is 48.6 Å². The molecule has 8 amide bonds. The molecule has 147 heavy (non-hydrogen) atoms. The van der Waals surface area contributed by atoms with Gasteiger partial charge in [-0.2, -0.15) is 24.9 Å². The minimum Gasteiger partial charge on any atom is -0.394 e. The van der Waals surface area contributed by atoms with E-state index in [4.69, 9.17) is 28.7 Å². The Morgan fingerprint density at radius 1 is 0.395 bits per heavy atom. The van der Waals surface area contributed by atoms with Crippen LogP contribution >= 0.6 is 0 Å². The highest BCUT2D eigenvalue weighted by atomic mass is 16.3. The number of likely N-dealkylation sites (tertiary alicyclic amines) is 2. The van der Waals surface area contributed by atoms with Gasteiger partial charge in [0.15, 0.2) is 29.1 Å². The van der Waals surface area contributed by atoms with E-state index in [0.717, 1.165) is 160 Å². The Morgan fingerprint density at radius 3 is 0.966 bits per heavy atom. The van der Waals surface area contributed by atoms with Gasteiger partial charge in [0.05, 0.1) is 114 Å². The predicted molar refractivity (Wildman–Crippen MR) is 574 cm³/mol. The first-order valence-corrected chi connectivity index (χ1v) is 51.1. The van der Waals surface area contributed by atoms with Crippen molar-refractivity contribution >= 4 is 167 Å². The van der Waals surface area contributed by atoms with Crippen LogP contribution in [-0.2, 0) is 19.2 Å². The Balaban J connectivity index is 0.000000175. The van der Waals surface area contributed by atoms with Crippen LogP contribution in [0.5, 0.6) is 0 Å². The molecule has 24 N–H and O–H groups in total. The molecule has 4 aliphatic heterocycles. The van der Waals surface area contributed by atoms with Crippen LogP contribution in [0, 0.1) is 0 Å². The Morgan fingerprint density at radius 2 is 0.687 bits per heavy atom. The van der Waals surface area contributed by atoms with Gasteiger partial charge in [-0.3, -0.25) is 38.4 Å². The fraction of sp³-hybridized carbons (Fsp3) is 0.574. The lowest BCUT2D eigenvalue weighted by Gasteiger charge is -2.35. The molecule has 15 rings (SSSR count). The fourth-order valence-electron chi connectivity index (χ4n) is 17.1. The monoisotopic (exact) mass is 2030 g/mol. The summed E-state index contributed by atoms with van der Waals surface area (Å²) in [6.07, 6.45) is 28.8. The summed E-state index contributed by atoms with van der Waals surface area (Å²) in [6, 6.07) is 8.95. The van der Waals surface area contributed by atoms with E-state index >= 15 is 0 Å². The third-order valence-electron chi connectivity index (χ3n) is 26.2. The largest absolute Gasteiger partial charge is 0.394 e. The van der Waals surface area contributed by atoms with Crippen molar-refractivity contribution in [1.29, 1.82) is 0 Å². The van der Waals surface area contributed by atoms with Crippen LogP contribution in [0.1, 0.15) is 266 Å². The number of carbonyl (C=O) groups excluding carboxylic acids is 8. The van der Waals surface area contributed by atoms with E-state index in [0.29, 0.717) is 152 Å². The molecule has 0 spiro atoms. The van der Waals surface area contributed by atoms with Crippen LogP contribution in [0.15, 0.2) is 61.3 Å². The summed E-state index contributed by atoms with van der Waals surface area (Å²) in [4.78, 5) is 169. The van der Waals surface area contributed by atoms with Crippen molar-refractivity contribution in [2.45, 2.75) is 276 Å². The molecule has 10 aromatic rings. The number of nitrogens with two attached hydrogens (primary N) is 5. The standard InChI is InChI=1S/C22H34N8O2.C22H34N8O.C20H29N7O3.C20H29N7O2.C17H26N6O2/c1-5-6-9-22(2,13-26-19(31)15-8-7-10-24-15)29-18-17-16(27-21(23)28-18)11-14(12-25-17)20(32)30(3)4;1-3-4-9-22(2,13-26-20(31)16-6-5-10-24-16)30-19-18-17(28-21(23)29-19)11-15(12-25-18)27-14-7-8-14;1-4-5-6-20(3,11-23-12(2)28)26-17-16-15(24-19(21)25-17)7-13(8-22-16)18(30)27-9-14(29)10-27;1-4-5-7-20(3,12-23-13(2)28)26-17-16-15(24-19(21)25-17)10-14(11-22-16)18(29)27-8-6-9-27;1-5-6-7-17(2,10-24)22-14-13-12(20-16(18)21-14)8-11(9-19-13)15(25)23(3)4/h11-12,15,24H,5-10,13H2,1-4H3,(H,26,31)(H3,23,27,28,29);11-12,14,16,24,27H,3-10,13H2,1-2H3,(H,26,31)(H3,23,28,29,30);7-8,14,29H,4-6,9-11H2,1-3H3,(H,23,28)(H3,21,24,25,26);10-11H,4-9,12H2,1-3H3,(H,23,28)(H3,21,24,25,26);8-9,24H,5-7,10H2,1-4H3,(H3,18,20,21,22)/t15-,22+;16-,22+;2*20-;17-/m00111/s1. The number of β-amino-alcohol motifs (C(OH)–C–C–N with tert-alkyl or cyclic N) is 1. The zero-order valence-electron chi connectivity index (χ0n) is 88.0. The van der Waals surface area contributed by atoms with Crippen LogP contribution in [0.4, 0.5) is 64.5 Å². The number of hydrogen-bond donors (Lipinski definition) is 19. The SMILES string of the molecule is CCCC[C@](C)(CNC(=O)[C@@H]1CCCN1)Nc1nc(N)nc2cc(C(=O)N(C)C)cnc12.CCCC[C@](C)(CNC(=O)[C@@H]1CCCN1)Nc1nc(N)nc2cc(NC3CC3)cnc12.CCCC[C@](C)(CNC(C)=O)Nc1nc(N)nc2cc(C(=O)N3CC(O)C3)cnc12.CCCC[C@](C)(CNC(C)=O)Nc1nc(N)nc2cc(C(=O)N3CCC3)cnc12.CCCC[C@](C)(CO)Nc1nc(N)nc2cc(C(=O)N(C)C)cnc12. The number of carbonyl (C=O) groups is 8. The molecule has 7 atom stereocenters. The average Bonchev–Trinajstić information content (AvgIpc) is 1.67. The van der Waals surface area contributed by atoms with Gasteiger partial charge in [-0.25, -0.2) is 49.8 Å². The highest BCUT2D eigenvalue weighted by molar-refractivity contribution is 6.02. The van der Waals surface area contributed by atoms with Crippen LogP contribution in [0.2, 0.25) is 0 Å². The van der Waals surface area contributed by atoms with Crippen molar-refractivity contribution in [2.24, 2.45) is 0 Å². The summed E-state index contributed by atoms with van der Waals surface area (Å²) in [5.74, 6) is 2.36. The van der Waals surface area contributed by atoms with Gasteiger partial charge in [-0.05, 0) is 155 Å². The first-order valence-electron chi connectivity index (χ1n) is 51.1. The molecule has 796 valence electrons. The Bertz CT molecular complexity index is 6240. The fourth-order valence-corrected chi connectivity index (χ4v) is 17.1. The van der Waals surface area contributed by atoms with Crippen molar-refractivity contribution in [1.82, 2.24) is 126 Å². The number of rotatable bonds is 42. The van der Waals surface area contributed by atoms with E-state index < -0.39 is 28.3 Å². The third-order valence-corrected chi connectivity index (χ3v) is 26.2. The smallest absolute Gasteiger partial charge is 0.255 e. The minimum absolute atomic E-state index is 0.0176. The van der Waals surface area contributed by atoms with E-state index in [-0.39, 0.29) is 101 Å². The van der Waals surface area contributed by atoms with Gasteiger partial charge in [-0.1, -0.05) is 98.8 Å². The summed E-state index contributed by atoms with van der Waals surface area (Å²) in [6.45, 7) is 29.4. The van der Waals surface area contributed by atoms with Crippen LogP contribution in [0.3, 0.4) is 0 Å². The summed E-state index contributed by atoms with van der Waals surface area (Å²) in [5, 5.41) is 58.2. The molecule has 5 fully saturated rings. The lowest BCUT2D eigenvalue weighted by Crippen LogP contribution is -2.53. The summed E-state index contributed by atoms with van der Waals surface area (Å²) in [7, 11) is 6.72. The number of unbranched alkanes of at least 4 members (excludes halogenated alkanes) is 5. The number of hydrogen-bond acceptors (Lipinski definition) is 38. The Hall–Kier alpha value is -14.2. The molecular formula is C101H152N36O10. The number of fused-ring (bicyclic) bond motifs is 5. The molecular weight excluding hydrogens is 1880 g/mol. The number of pyridine rings is 5. The van der Waals surface area contributed by atoms with E-state index in [1.54, 1.807) is 68.5 Å². The number of amides is 8. The van der Waals surface area contributed by atoms with Gasteiger partial charge in [0.2, 0.25) is 53.4 Å². The van der Waals surface area contributed by atoms with E-state index in [1.807, 2.05) is 33.0 Å². The minimum atomic E-state index is -0.538. The van der Waals surface area contributed by atoms with E-state index in [2.05, 4.69) is 187 Å². The molecule has 14 heterocycles. The van der Waals surface area contributed by atoms with Crippen molar-refractivity contribution in [3.63, 3.8) is 0 Å². The number of nitrogens with zero attached hydrogens (tertiary/aromatic N) is 19. The molecule has 1 aliphatic carbocycles. The number of aromatic nitrogens is 15. The zero-order chi connectivity index (χ0) is 107. The van der Waals surface area contributed by atoms with Crippen LogP contribution in [-0.4, -0.2) is 304 Å². The highest BCUT2D eigenvalue weighted by Crippen LogP contribution is 2.35. The quantitative estimate of drug-likeness (QED) is 0.0170. The number of aliphatic hydroxyl groups excluding tert-OH is 2. The lowest BCUT2D eigenvalue weighted by molar-refractivity contribution is -0.123. The maximum atomic E-state index is 12.5. The lowest BCUT2D eigenvalue weighted by atomic mass is 9.94. The second kappa shape index (κ2) is 51.8. The molecule has 0 unspecified atom stereocenters. The first kappa shape index (κ1) is 113. The maximum Gasteiger partial charge on any atom is 0.255 e. The van der Waals surface area contributed by atoms with Crippen molar-refractivity contribution in [3.05, 3.63) is 83.6 Å². The maximum absolute atomic E-state index is 12.5. The Kier molecular flexibility index (Phi) is 39.8. The second-order valence-corrected chi connectivity index (χ2v) is 40.6. The first-order chi connectivity index (χ1) is 70.0. The average molecular weight is 2030 g/mol. The van der Waals surface area contributed by atoms with Crippen LogP contribution < -0.4 is 92.5 Å². The van der Waals surface area contributed by atoms with Gasteiger partial charge in [0, 0.05) is 125 Å². The highest BCUT2D eigenvalue weighted by Gasteiger charge is 2.37. The topological polar surface area (TPSA) is 658 Å². The molecule has 0 bridgehead atoms. The normalized spacial score (nSPS) is 16.8. The molecule has 46 heteroatoms. The second-order valence-electron chi connectivity index (χ2n) is 40.6. The summed E-state index contributed by atoms with van der Waals surface area (Å²) < 4.78 is 0. The summed E-state index contributed by atoms with van der Waals surface area (Å²) in [5.41, 5.74) is 35.5. The van der Waals surface area contributed by atoms with Crippen molar-refractivity contribution in [3.8, 4) is 0 Å². The van der Waals surface area contributed by atoms with Gasteiger partial charge in [0.1, 0.15) is 27.6 Å². The number of nitrogens with one attached hydrogen (secondary N) is 12. The Labute approximate surface area is 858 Å². The molecule has 46 nitrogen and oxygen atoms in total. The number of aliphatic hydroxyl groups is 2. The molecule has 10 aromatic heterocycles. The number of nitrogen functional groups attached to an aromatic ring is 5. The third kappa shape index (κ3) is 32.2. The van der Waals surface area contributed by atoms with Crippen LogP contribution in [0.25, 0.3) is 55.2 Å². The van der Waals surface area contributed by atoms with E-state index in [1.165, 1.54) is 55.1 Å². The van der Waals surface area contributed by atoms with Gasteiger partial charge in [0.25, 0.3) is 23.6 Å². The number of anilines is 11. The van der Waals surface area contributed by atoms with Crippen molar-refractivity contribution in [2.75, 3.05) is 161 Å². The molecule has 1 saturated carbocycles. The van der Waals surface area contributed by atoms with Gasteiger partial charge >= 0.3 is 0 Å². The van der Waals surface area contributed by atoms with Gasteiger partial charge in [-0.15, -0.1) is 0 Å². The van der Waals surface area contributed by atoms with Crippen molar-refractivity contribution < 1.29 is 48.6 Å². The predicted octanol–water partition coefficient (Wildman–Crippen LogP) is 8.48. The molecule has 4 saturated heterocycles.